The first-order valence-electron chi connectivity index (χ1n) is 10.0. The lowest BCUT2D eigenvalue weighted by Gasteiger charge is -2.36. The third kappa shape index (κ3) is 2.74. The number of fused-ring (bicyclic) bond motifs is 1. The lowest BCUT2D eigenvalue weighted by atomic mass is 9.68. The van der Waals surface area contributed by atoms with Crippen LogP contribution in [0.25, 0.3) is 10.8 Å². The first kappa shape index (κ1) is 17.3. The van der Waals surface area contributed by atoms with Crippen LogP contribution in [0.3, 0.4) is 0 Å². The van der Waals surface area contributed by atoms with Gasteiger partial charge in [-0.05, 0) is 66.4 Å². The van der Waals surface area contributed by atoms with Gasteiger partial charge in [-0.3, -0.25) is 0 Å². The van der Waals surface area contributed by atoms with Gasteiger partial charge in [0.05, 0.1) is 0 Å². The van der Waals surface area contributed by atoms with Gasteiger partial charge < -0.3 is 5.41 Å². The van der Waals surface area contributed by atoms with Crippen LogP contribution in [0, 0.1) is 17.2 Å². The van der Waals surface area contributed by atoms with Gasteiger partial charge in [0.1, 0.15) is 0 Å². The lowest BCUT2D eigenvalue weighted by molar-refractivity contribution is 0.334. The second-order valence-corrected chi connectivity index (χ2v) is 8.15. The molecular weight excluding hydrogens is 314 g/mol. The molecule has 0 heterocycles. The molecule has 3 atom stereocenters. The quantitative estimate of drug-likeness (QED) is 0.579. The number of rotatable bonds is 3. The molecule has 134 valence electrons. The fourth-order valence-electron chi connectivity index (χ4n) is 5.45. The summed E-state index contributed by atoms with van der Waals surface area (Å²) in [5.41, 5.74) is 7.17. The van der Waals surface area contributed by atoms with Gasteiger partial charge in [0.15, 0.2) is 0 Å². The minimum atomic E-state index is 0.539. The zero-order valence-electron chi connectivity index (χ0n) is 16.2. The van der Waals surface area contributed by atoms with E-state index in [1.54, 1.807) is 11.8 Å². The minimum Gasteiger partial charge on any atom is -0.308 e. The number of hydrogen-bond acceptors (Lipinski definition) is 1. The number of benzene rings is 2. The van der Waals surface area contributed by atoms with E-state index in [4.69, 9.17) is 5.41 Å². The predicted molar refractivity (Wildman–Crippen MR) is 112 cm³/mol. The van der Waals surface area contributed by atoms with Crippen molar-refractivity contribution in [3.8, 4) is 0 Å². The molecule has 4 rings (SSSR count). The summed E-state index contributed by atoms with van der Waals surface area (Å²) in [4.78, 5) is 0. The molecule has 2 aliphatic carbocycles. The third-order valence-electron chi connectivity index (χ3n) is 6.73. The Morgan fingerprint density at radius 2 is 1.69 bits per heavy atom. The smallest absolute Gasteiger partial charge is 0.0259 e. The van der Waals surface area contributed by atoms with Crippen LogP contribution < -0.4 is 0 Å². The standard InChI is InChI=1S/C25H29N/c1-16-14-17(2)25(18(16)3)23-11-7-6-10-21(23)22-13-12-19-8-4-5-9-20(19)24(22)15-26/h4-5,8-9,12-15,17,21,23,26H,6-7,10-11H2,1-3H3. The molecule has 0 spiro atoms. The number of allylic oxidation sites excluding steroid dienone is 4. The summed E-state index contributed by atoms with van der Waals surface area (Å²) in [5.74, 6) is 1.72. The van der Waals surface area contributed by atoms with E-state index in [1.165, 1.54) is 53.2 Å². The summed E-state index contributed by atoms with van der Waals surface area (Å²) in [5, 5.41) is 10.6. The summed E-state index contributed by atoms with van der Waals surface area (Å²) in [6.07, 6.45) is 9.19. The van der Waals surface area contributed by atoms with Crippen LogP contribution in [0.5, 0.6) is 0 Å². The van der Waals surface area contributed by atoms with Crippen molar-refractivity contribution < 1.29 is 0 Å². The van der Waals surface area contributed by atoms with Gasteiger partial charge in [-0.15, -0.1) is 0 Å². The molecule has 0 radical (unpaired) electrons. The zero-order chi connectivity index (χ0) is 18.3. The van der Waals surface area contributed by atoms with E-state index in [0.29, 0.717) is 17.8 Å². The molecular formula is C25H29N. The van der Waals surface area contributed by atoms with Crippen molar-refractivity contribution in [2.75, 3.05) is 0 Å². The zero-order valence-corrected chi connectivity index (χ0v) is 16.2. The average Bonchev–Trinajstić information content (AvgIpc) is 2.92. The molecule has 1 fully saturated rings. The van der Waals surface area contributed by atoms with Gasteiger partial charge in [0.2, 0.25) is 0 Å². The second-order valence-electron chi connectivity index (χ2n) is 8.15. The summed E-state index contributed by atoms with van der Waals surface area (Å²) >= 11 is 0. The summed E-state index contributed by atoms with van der Waals surface area (Å²) in [6, 6.07) is 13.1. The van der Waals surface area contributed by atoms with Gasteiger partial charge in [0.25, 0.3) is 0 Å². The molecule has 0 aliphatic heterocycles. The molecule has 1 saturated carbocycles. The second kappa shape index (κ2) is 6.87. The van der Waals surface area contributed by atoms with E-state index >= 15 is 0 Å². The molecule has 3 unspecified atom stereocenters. The highest BCUT2D eigenvalue weighted by molar-refractivity contribution is 6.00. The van der Waals surface area contributed by atoms with E-state index in [2.05, 4.69) is 63.2 Å². The Bertz CT molecular complexity index is 915. The monoisotopic (exact) mass is 343 g/mol. The average molecular weight is 344 g/mol. The van der Waals surface area contributed by atoms with E-state index in [-0.39, 0.29) is 0 Å². The highest BCUT2D eigenvalue weighted by Gasteiger charge is 2.35. The van der Waals surface area contributed by atoms with Crippen molar-refractivity contribution >= 4 is 17.0 Å². The van der Waals surface area contributed by atoms with Crippen molar-refractivity contribution in [3.05, 3.63) is 70.3 Å². The lowest BCUT2D eigenvalue weighted by Crippen LogP contribution is -2.23. The molecule has 26 heavy (non-hydrogen) atoms. The van der Waals surface area contributed by atoms with Crippen molar-refractivity contribution in [1.82, 2.24) is 0 Å². The molecule has 2 aromatic rings. The predicted octanol–water partition coefficient (Wildman–Crippen LogP) is 7.02. The maximum absolute atomic E-state index is 8.12. The normalized spacial score (nSPS) is 26.3. The van der Waals surface area contributed by atoms with Gasteiger partial charge in [-0.25, -0.2) is 0 Å². The van der Waals surface area contributed by atoms with Crippen LogP contribution in [0.4, 0.5) is 0 Å². The van der Waals surface area contributed by atoms with Crippen molar-refractivity contribution in [2.45, 2.75) is 52.4 Å². The number of hydrogen-bond donors (Lipinski definition) is 1. The van der Waals surface area contributed by atoms with Gasteiger partial charge >= 0.3 is 0 Å². The highest BCUT2D eigenvalue weighted by atomic mass is 14.4. The highest BCUT2D eigenvalue weighted by Crippen LogP contribution is 2.49. The van der Waals surface area contributed by atoms with Gasteiger partial charge in [0, 0.05) is 11.8 Å². The fourth-order valence-corrected chi connectivity index (χ4v) is 5.45. The Morgan fingerprint density at radius 3 is 2.38 bits per heavy atom. The molecule has 2 aliphatic rings. The number of nitrogens with one attached hydrogen (secondary N) is 1. The van der Waals surface area contributed by atoms with Crippen molar-refractivity contribution in [2.24, 2.45) is 11.8 Å². The molecule has 1 heteroatoms. The van der Waals surface area contributed by atoms with Gasteiger partial charge in [-0.1, -0.05) is 73.4 Å². The third-order valence-corrected chi connectivity index (χ3v) is 6.73. The van der Waals surface area contributed by atoms with Crippen molar-refractivity contribution in [3.63, 3.8) is 0 Å². The van der Waals surface area contributed by atoms with E-state index < -0.39 is 0 Å². The van der Waals surface area contributed by atoms with E-state index in [1.807, 2.05) is 0 Å². The fraction of sp³-hybridized carbons (Fsp3) is 0.400. The van der Waals surface area contributed by atoms with Crippen LogP contribution in [-0.2, 0) is 0 Å². The molecule has 0 bridgehead atoms. The molecule has 1 N–H and O–H groups in total. The maximum Gasteiger partial charge on any atom is 0.0259 e. The van der Waals surface area contributed by atoms with Crippen LogP contribution in [-0.4, -0.2) is 6.21 Å². The SMILES string of the molecule is CC1=CC(C)C(C2CCCCC2c2ccc3ccccc3c2C=N)=C1C. The van der Waals surface area contributed by atoms with Crippen LogP contribution in [0.1, 0.15) is 63.5 Å². The molecule has 0 aromatic heterocycles. The Kier molecular flexibility index (Phi) is 4.56. The molecule has 0 saturated heterocycles. The first-order valence-corrected chi connectivity index (χ1v) is 10.0. The maximum atomic E-state index is 8.12. The Balaban J connectivity index is 1.83. The van der Waals surface area contributed by atoms with Crippen molar-refractivity contribution in [1.29, 1.82) is 5.41 Å². The Hall–Kier alpha value is -2.15. The largest absolute Gasteiger partial charge is 0.308 e. The summed E-state index contributed by atoms with van der Waals surface area (Å²) in [6.45, 7) is 6.93. The Labute approximate surface area is 157 Å². The summed E-state index contributed by atoms with van der Waals surface area (Å²) < 4.78 is 0. The van der Waals surface area contributed by atoms with Crippen LogP contribution in [0.15, 0.2) is 59.2 Å². The van der Waals surface area contributed by atoms with E-state index in [0.717, 1.165) is 5.56 Å². The molecule has 1 nitrogen and oxygen atoms in total. The van der Waals surface area contributed by atoms with Crippen LogP contribution >= 0.6 is 0 Å². The molecule has 0 amide bonds. The van der Waals surface area contributed by atoms with Crippen LogP contribution in [0.2, 0.25) is 0 Å². The minimum absolute atomic E-state index is 0.539. The molecule has 2 aromatic carbocycles. The first-order chi connectivity index (χ1) is 12.6. The topological polar surface area (TPSA) is 23.9 Å². The Morgan fingerprint density at radius 1 is 0.962 bits per heavy atom. The van der Waals surface area contributed by atoms with E-state index in [9.17, 15) is 0 Å². The van der Waals surface area contributed by atoms with Gasteiger partial charge in [-0.2, -0.15) is 0 Å². The summed E-state index contributed by atoms with van der Waals surface area (Å²) in [7, 11) is 0.